The van der Waals surface area contributed by atoms with Gasteiger partial charge < -0.3 is 10.3 Å². The van der Waals surface area contributed by atoms with Gasteiger partial charge in [-0.15, -0.1) is 0 Å². The molecule has 2 aromatic rings. The monoisotopic (exact) mass is 343 g/mol. The summed E-state index contributed by atoms with van der Waals surface area (Å²) < 4.78 is 6.34. The fourth-order valence-electron chi connectivity index (χ4n) is 1.57. The zero-order chi connectivity index (χ0) is 12.3. The minimum absolute atomic E-state index is 0.140. The Bertz CT molecular complexity index is 498. The average molecular weight is 343 g/mol. The molecule has 1 unspecified atom stereocenters. The molecule has 0 bridgehead atoms. The Morgan fingerprint density at radius 3 is 2.88 bits per heavy atom. The minimum Gasteiger partial charge on any atom is -0.334 e. The number of hydrogen-bond acceptors (Lipinski definition) is 4. The van der Waals surface area contributed by atoms with E-state index >= 15 is 0 Å². The molecule has 0 amide bonds. The second-order valence-corrected chi connectivity index (χ2v) is 4.99. The van der Waals surface area contributed by atoms with Gasteiger partial charge in [0, 0.05) is 3.57 Å². The van der Waals surface area contributed by atoms with E-state index in [9.17, 15) is 0 Å². The molecule has 1 aromatic carbocycles. The highest BCUT2D eigenvalue weighted by Gasteiger charge is 2.15. The van der Waals surface area contributed by atoms with Gasteiger partial charge in [-0.05, 0) is 41.1 Å². The third kappa shape index (κ3) is 2.84. The third-order valence-electron chi connectivity index (χ3n) is 2.48. The van der Waals surface area contributed by atoms with Crippen LogP contribution in [-0.2, 0) is 0 Å². The molecule has 4 nitrogen and oxygen atoms in total. The summed E-state index contributed by atoms with van der Waals surface area (Å²) in [7, 11) is 0. The summed E-state index contributed by atoms with van der Waals surface area (Å²) in [5.74, 6) is 1.12. The second-order valence-electron chi connectivity index (χ2n) is 3.83. The Balaban J connectivity index is 2.27. The topological polar surface area (TPSA) is 64.9 Å². The number of halogens is 1. The van der Waals surface area contributed by atoms with Gasteiger partial charge >= 0.3 is 0 Å². The predicted octanol–water partition coefficient (Wildman–Crippen LogP) is 3.14. The fourth-order valence-corrected chi connectivity index (χ4v) is 2.19. The Hall–Kier alpha value is -0.950. The molecule has 2 rings (SSSR count). The largest absolute Gasteiger partial charge is 0.334 e. The van der Waals surface area contributed by atoms with E-state index in [2.05, 4.69) is 39.7 Å². The Morgan fingerprint density at radius 2 is 2.18 bits per heavy atom. The summed E-state index contributed by atoms with van der Waals surface area (Å²) in [6, 6.07) is 7.76. The molecule has 0 saturated heterocycles. The zero-order valence-electron chi connectivity index (χ0n) is 9.56. The van der Waals surface area contributed by atoms with Crippen molar-refractivity contribution in [2.45, 2.75) is 25.8 Å². The summed E-state index contributed by atoms with van der Waals surface area (Å²) in [6.45, 7) is 2.08. The summed E-state index contributed by atoms with van der Waals surface area (Å²) >= 11 is 2.25. The van der Waals surface area contributed by atoms with Crippen LogP contribution in [0.25, 0.3) is 11.5 Å². The normalized spacial score (nSPS) is 12.6. The van der Waals surface area contributed by atoms with Gasteiger partial charge in [-0.1, -0.05) is 30.6 Å². The molecular weight excluding hydrogens is 329 g/mol. The Kier molecular flexibility index (Phi) is 4.11. The molecule has 0 saturated carbocycles. The van der Waals surface area contributed by atoms with Gasteiger partial charge in [0.25, 0.3) is 5.89 Å². The summed E-state index contributed by atoms with van der Waals surface area (Å²) in [5.41, 5.74) is 6.90. The van der Waals surface area contributed by atoms with E-state index in [4.69, 9.17) is 10.3 Å². The van der Waals surface area contributed by atoms with Crippen LogP contribution in [0.3, 0.4) is 0 Å². The molecule has 0 aliphatic heterocycles. The van der Waals surface area contributed by atoms with Crippen LogP contribution >= 0.6 is 22.6 Å². The van der Waals surface area contributed by atoms with E-state index in [0.29, 0.717) is 11.7 Å². The molecule has 2 N–H and O–H groups in total. The van der Waals surface area contributed by atoms with Crippen LogP contribution in [0.1, 0.15) is 31.6 Å². The van der Waals surface area contributed by atoms with Gasteiger partial charge in [0.1, 0.15) is 0 Å². The first-order valence-electron chi connectivity index (χ1n) is 5.56. The maximum absolute atomic E-state index is 5.95. The van der Waals surface area contributed by atoms with Crippen molar-refractivity contribution >= 4 is 22.6 Å². The molecule has 1 atom stereocenters. The number of nitrogens with two attached hydrogens (primary N) is 1. The fraction of sp³-hybridized carbons (Fsp3) is 0.333. The van der Waals surface area contributed by atoms with Crippen molar-refractivity contribution in [1.29, 1.82) is 0 Å². The number of aromatic nitrogens is 2. The van der Waals surface area contributed by atoms with Gasteiger partial charge in [0.05, 0.1) is 11.6 Å². The number of benzene rings is 1. The van der Waals surface area contributed by atoms with Crippen molar-refractivity contribution in [2.75, 3.05) is 0 Å². The molecule has 1 heterocycles. The zero-order valence-corrected chi connectivity index (χ0v) is 11.7. The molecule has 90 valence electrons. The molecule has 5 heteroatoms. The molecule has 0 spiro atoms. The summed E-state index contributed by atoms with van der Waals surface area (Å²) in [5, 5.41) is 3.94. The third-order valence-corrected chi connectivity index (χ3v) is 3.42. The molecule has 1 aromatic heterocycles. The quantitative estimate of drug-likeness (QED) is 0.867. The van der Waals surface area contributed by atoms with Crippen LogP contribution in [0.4, 0.5) is 0 Å². The molecule has 0 fully saturated rings. The van der Waals surface area contributed by atoms with Crippen LogP contribution in [0.2, 0.25) is 0 Å². The first-order valence-corrected chi connectivity index (χ1v) is 6.64. The average Bonchev–Trinajstić information content (AvgIpc) is 2.79. The van der Waals surface area contributed by atoms with E-state index in [0.717, 1.165) is 22.0 Å². The summed E-state index contributed by atoms with van der Waals surface area (Å²) in [6.07, 6.45) is 1.87. The van der Waals surface area contributed by atoms with Crippen LogP contribution < -0.4 is 5.73 Å². The first-order chi connectivity index (χ1) is 8.22. The van der Waals surface area contributed by atoms with E-state index < -0.39 is 0 Å². The van der Waals surface area contributed by atoms with Crippen molar-refractivity contribution in [3.8, 4) is 11.5 Å². The molecular formula is C12H14IN3O. The molecule has 0 radical (unpaired) electrons. The van der Waals surface area contributed by atoms with Crippen LogP contribution in [0, 0.1) is 3.57 Å². The van der Waals surface area contributed by atoms with Crippen molar-refractivity contribution in [1.82, 2.24) is 10.1 Å². The highest BCUT2D eigenvalue weighted by Crippen LogP contribution is 2.24. The van der Waals surface area contributed by atoms with Gasteiger partial charge in [-0.3, -0.25) is 0 Å². The lowest BCUT2D eigenvalue weighted by atomic mass is 10.2. The van der Waals surface area contributed by atoms with Gasteiger partial charge in [0.2, 0.25) is 0 Å². The lowest BCUT2D eigenvalue weighted by Crippen LogP contribution is -2.11. The number of hydrogen-bond donors (Lipinski definition) is 1. The van der Waals surface area contributed by atoms with Crippen molar-refractivity contribution < 1.29 is 4.52 Å². The van der Waals surface area contributed by atoms with Crippen molar-refractivity contribution in [3.05, 3.63) is 33.7 Å². The highest BCUT2D eigenvalue weighted by molar-refractivity contribution is 14.1. The number of nitrogens with zero attached hydrogens (tertiary/aromatic N) is 2. The van der Waals surface area contributed by atoms with E-state index in [1.807, 2.05) is 24.3 Å². The van der Waals surface area contributed by atoms with E-state index in [1.54, 1.807) is 0 Å². The maximum Gasteiger partial charge on any atom is 0.259 e. The van der Waals surface area contributed by atoms with E-state index in [1.165, 1.54) is 0 Å². The van der Waals surface area contributed by atoms with Crippen LogP contribution in [0.5, 0.6) is 0 Å². The first kappa shape index (κ1) is 12.5. The minimum atomic E-state index is -0.140. The van der Waals surface area contributed by atoms with Crippen molar-refractivity contribution in [3.63, 3.8) is 0 Å². The lowest BCUT2D eigenvalue weighted by Gasteiger charge is -2.02. The van der Waals surface area contributed by atoms with Gasteiger partial charge in [-0.2, -0.15) is 4.98 Å². The highest BCUT2D eigenvalue weighted by atomic mass is 127. The maximum atomic E-state index is 5.95. The van der Waals surface area contributed by atoms with Crippen LogP contribution in [-0.4, -0.2) is 10.1 Å². The second kappa shape index (κ2) is 5.59. The molecule has 0 aliphatic carbocycles. The molecule has 0 aliphatic rings. The van der Waals surface area contributed by atoms with Gasteiger partial charge in [-0.25, -0.2) is 0 Å². The van der Waals surface area contributed by atoms with Crippen LogP contribution in [0.15, 0.2) is 28.8 Å². The number of rotatable bonds is 4. The predicted molar refractivity (Wildman–Crippen MR) is 74.3 cm³/mol. The van der Waals surface area contributed by atoms with Crippen molar-refractivity contribution in [2.24, 2.45) is 5.73 Å². The van der Waals surface area contributed by atoms with Gasteiger partial charge in [0.15, 0.2) is 5.82 Å². The van der Waals surface area contributed by atoms with E-state index in [-0.39, 0.29) is 6.04 Å². The molecule has 17 heavy (non-hydrogen) atoms. The standard InChI is InChI=1S/C12H14IN3O/c1-2-5-10(14)11-15-12(17-16-11)8-6-3-4-7-9(8)13/h3-4,6-7,10H,2,5,14H2,1H3. The lowest BCUT2D eigenvalue weighted by molar-refractivity contribution is 0.413. The SMILES string of the molecule is CCCC(N)c1noc(-c2ccccc2I)n1. The Morgan fingerprint density at radius 1 is 1.41 bits per heavy atom. The summed E-state index contributed by atoms with van der Waals surface area (Å²) in [4.78, 5) is 4.35. The smallest absolute Gasteiger partial charge is 0.259 e. The Labute approximate surface area is 114 Å².